The summed E-state index contributed by atoms with van der Waals surface area (Å²) in [6, 6.07) is 0. The number of ether oxygens (including phenoxy) is 6. The van der Waals surface area contributed by atoms with Crippen molar-refractivity contribution in [3.63, 3.8) is 0 Å². The zero-order valence-corrected chi connectivity index (χ0v) is 21.0. The summed E-state index contributed by atoms with van der Waals surface area (Å²) in [5, 5.41) is 0. The summed E-state index contributed by atoms with van der Waals surface area (Å²) in [4.78, 5) is 37.9. The van der Waals surface area contributed by atoms with Crippen LogP contribution in [-0.4, -0.2) is 57.5 Å². The molecule has 0 spiro atoms. The van der Waals surface area contributed by atoms with Crippen molar-refractivity contribution in [2.45, 2.75) is 44.9 Å². The summed E-state index contributed by atoms with van der Waals surface area (Å²) in [5.41, 5.74) is 0.337. The summed E-state index contributed by atoms with van der Waals surface area (Å²) < 4.78 is 31.1. The largest absolute Gasteiger partial charge is 0.502 e. The van der Waals surface area contributed by atoms with Crippen LogP contribution < -0.4 is 0 Å². The maximum absolute atomic E-state index is 12.7. The second kappa shape index (κ2) is 19.8. The van der Waals surface area contributed by atoms with Gasteiger partial charge in [0.1, 0.15) is 0 Å². The van der Waals surface area contributed by atoms with Gasteiger partial charge in [0, 0.05) is 5.57 Å². The number of carbonyl (C=O) groups excluding carboxylic acids is 3. The van der Waals surface area contributed by atoms with E-state index in [2.05, 4.69) is 19.7 Å². The zero-order chi connectivity index (χ0) is 26.4. The molecule has 0 fully saturated rings. The number of unbranched alkanes of at least 4 members (excludes halogenated alkanes) is 3. The van der Waals surface area contributed by atoms with Crippen LogP contribution >= 0.6 is 0 Å². The van der Waals surface area contributed by atoms with Gasteiger partial charge in [-0.25, -0.2) is 9.59 Å². The molecule has 1 rings (SSSR count). The molecule has 36 heavy (non-hydrogen) atoms. The quantitative estimate of drug-likeness (QED) is 0.0974. The van der Waals surface area contributed by atoms with Gasteiger partial charge in [-0.3, -0.25) is 4.79 Å². The molecule has 1 aliphatic rings. The molecule has 1 atom stereocenters. The second-order valence-corrected chi connectivity index (χ2v) is 7.78. The molecule has 0 saturated carbocycles. The van der Waals surface area contributed by atoms with E-state index < -0.39 is 23.8 Å². The normalized spacial score (nSPS) is 14.4. The van der Waals surface area contributed by atoms with Gasteiger partial charge >= 0.3 is 17.9 Å². The van der Waals surface area contributed by atoms with Gasteiger partial charge in [-0.1, -0.05) is 25.8 Å². The topological polar surface area (TPSA) is 107 Å². The first-order valence-electron chi connectivity index (χ1n) is 12.1. The van der Waals surface area contributed by atoms with Crippen LogP contribution in [0.5, 0.6) is 0 Å². The smallest absolute Gasteiger partial charge is 0.337 e. The van der Waals surface area contributed by atoms with E-state index in [1.54, 1.807) is 0 Å². The molecular weight excluding hydrogens is 468 g/mol. The highest BCUT2D eigenvalue weighted by atomic mass is 16.5. The van der Waals surface area contributed by atoms with Gasteiger partial charge in [0.25, 0.3) is 0 Å². The monoisotopic (exact) mass is 506 g/mol. The lowest BCUT2D eigenvalue weighted by atomic mass is 9.90. The van der Waals surface area contributed by atoms with Gasteiger partial charge in [0.15, 0.2) is 0 Å². The molecule has 0 bridgehead atoms. The van der Waals surface area contributed by atoms with Crippen molar-refractivity contribution < 1.29 is 42.8 Å². The third-order valence-corrected chi connectivity index (χ3v) is 4.98. The van der Waals surface area contributed by atoms with Crippen molar-refractivity contribution in [3.8, 4) is 0 Å². The lowest BCUT2D eigenvalue weighted by Gasteiger charge is -2.20. The highest BCUT2D eigenvalue weighted by molar-refractivity contribution is 5.98. The Morgan fingerprint density at radius 1 is 0.694 bits per heavy atom. The summed E-state index contributed by atoms with van der Waals surface area (Å²) in [6.07, 6.45) is 10.9. The van der Waals surface area contributed by atoms with E-state index in [0.29, 0.717) is 58.3 Å². The molecule has 0 aromatic heterocycles. The fourth-order valence-electron chi connectivity index (χ4n) is 3.13. The Balaban J connectivity index is 2.70. The fourth-order valence-corrected chi connectivity index (χ4v) is 3.13. The van der Waals surface area contributed by atoms with Gasteiger partial charge in [-0.15, -0.1) is 0 Å². The molecule has 0 amide bonds. The van der Waals surface area contributed by atoms with Crippen molar-refractivity contribution in [2.24, 2.45) is 5.92 Å². The van der Waals surface area contributed by atoms with E-state index in [0.717, 1.165) is 0 Å². The van der Waals surface area contributed by atoms with Gasteiger partial charge in [-0.05, 0) is 51.0 Å². The lowest BCUT2D eigenvalue weighted by Crippen LogP contribution is -2.25. The molecule has 0 N–H and O–H groups in total. The minimum absolute atomic E-state index is 0.0759. The van der Waals surface area contributed by atoms with Gasteiger partial charge in [-0.2, -0.15) is 0 Å². The maximum Gasteiger partial charge on any atom is 0.337 e. The number of rotatable bonds is 21. The van der Waals surface area contributed by atoms with Crippen LogP contribution in [-0.2, 0) is 42.8 Å². The van der Waals surface area contributed by atoms with E-state index in [1.165, 1.54) is 30.9 Å². The SMILES string of the molecule is C=COCCCCOC(=O)C1=CC(C(=O)OCCCCOC=C)CC(C(=O)OCCCCOC=C)=C1. The first kappa shape index (κ1) is 30.5. The van der Waals surface area contributed by atoms with Crippen LogP contribution in [0.25, 0.3) is 0 Å². The molecule has 1 unspecified atom stereocenters. The maximum atomic E-state index is 12.7. The summed E-state index contributed by atoms with van der Waals surface area (Å²) in [5.74, 6) is -2.53. The molecule has 9 nitrogen and oxygen atoms in total. The van der Waals surface area contributed by atoms with Crippen molar-refractivity contribution in [1.82, 2.24) is 0 Å². The molecule has 0 aromatic carbocycles. The Morgan fingerprint density at radius 2 is 1.14 bits per heavy atom. The van der Waals surface area contributed by atoms with Crippen molar-refractivity contribution in [1.29, 1.82) is 0 Å². The summed E-state index contributed by atoms with van der Waals surface area (Å²) in [6.45, 7) is 12.4. The first-order chi connectivity index (χ1) is 17.5. The van der Waals surface area contributed by atoms with Gasteiger partial charge < -0.3 is 28.4 Å². The fraction of sp³-hybridized carbons (Fsp3) is 0.519. The average Bonchev–Trinajstić information content (AvgIpc) is 2.89. The predicted molar refractivity (Wildman–Crippen MR) is 133 cm³/mol. The third kappa shape index (κ3) is 13.4. The van der Waals surface area contributed by atoms with Crippen LogP contribution in [0.3, 0.4) is 0 Å². The first-order valence-corrected chi connectivity index (χ1v) is 12.1. The molecule has 0 radical (unpaired) electrons. The Kier molecular flexibility index (Phi) is 16.8. The summed E-state index contributed by atoms with van der Waals surface area (Å²) >= 11 is 0. The average molecular weight is 507 g/mol. The van der Waals surface area contributed by atoms with E-state index in [4.69, 9.17) is 28.4 Å². The van der Waals surface area contributed by atoms with Crippen LogP contribution in [0.4, 0.5) is 0 Å². The third-order valence-electron chi connectivity index (χ3n) is 4.98. The molecule has 0 aromatic rings. The Hall–Kier alpha value is -3.49. The standard InChI is InChI=1S/C27H38O9/c1-4-31-13-7-10-16-34-25(28)22-19-23(26(29)35-17-11-8-14-32-5-2)21-24(20-22)27(30)36-18-12-9-15-33-6-3/h4-6,19-20,23H,1-3,7-18,21H2. The minimum Gasteiger partial charge on any atom is -0.502 e. The molecule has 200 valence electrons. The number of esters is 3. The molecular formula is C27H38O9. The van der Waals surface area contributed by atoms with Gasteiger partial charge in [0.2, 0.25) is 0 Å². The molecule has 0 aliphatic heterocycles. The van der Waals surface area contributed by atoms with E-state index in [1.807, 2.05) is 0 Å². The van der Waals surface area contributed by atoms with E-state index in [9.17, 15) is 14.4 Å². The van der Waals surface area contributed by atoms with Crippen molar-refractivity contribution >= 4 is 17.9 Å². The van der Waals surface area contributed by atoms with Crippen LogP contribution in [0.15, 0.2) is 61.8 Å². The highest BCUT2D eigenvalue weighted by Gasteiger charge is 2.29. The number of hydrogen-bond acceptors (Lipinski definition) is 9. The van der Waals surface area contributed by atoms with Crippen LogP contribution in [0.1, 0.15) is 44.9 Å². The van der Waals surface area contributed by atoms with Crippen molar-refractivity contribution in [2.75, 3.05) is 39.6 Å². The lowest BCUT2D eigenvalue weighted by molar-refractivity contribution is -0.147. The van der Waals surface area contributed by atoms with Crippen LogP contribution in [0.2, 0.25) is 0 Å². The zero-order valence-electron chi connectivity index (χ0n) is 21.0. The van der Waals surface area contributed by atoms with Crippen LogP contribution in [0, 0.1) is 5.92 Å². The van der Waals surface area contributed by atoms with E-state index in [-0.39, 0.29) is 37.4 Å². The predicted octanol–water partition coefficient (Wildman–Crippen LogP) is 4.31. The molecule has 9 heteroatoms. The molecule has 0 saturated heterocycles. The minimum atomic E-state index is -0.800. The Labute approximate surface area is 213 Å². The number of carbonyl (C=O) groups is 3. The summed E-state index contributed by atoms with van der Waals surface area (Å²) in [7, 11) is 0. The second-order valence-electron chi connectivity index (χ2n) is 7.78. The molecule has 0 heterocycles. The highest BCUT2D eigenvalue weighted by Crippen LogP contribution is 2.26. The Morgan fingerprint density at radius 3 is 1.64 bits per heavy atom. The van der Waals surface area contributed by atoms with Gasteiger partial charge in [0.05, 0.1) is 69.9 Å². The Bertz CT molecular complexity index is 782. The molecule has 1 aliphatic carbocycles. The van der Waals surface area contributed by atoms with E-state index >= 15 is 0 Å². The number of hydrogen-bond donors (Lipinski definition) is 0. The van der Waals surface area contributed by atoms with Crippen molar-refractivity contribution in [3.05, 3.63) is 61.8 Å².